The third-order valence-corrected chi connectivity index (χ3v) is 14.5. The van der Waals surface area contributed by atoms with Gasteiger partial charge in [-0.15, -0.1) is 0 Å². The molecule has 0 saturated carbocycles. The highest BCUT2D eigenvalue weighted by Crippen LogP contribution is 2.41. The highest BCUT2D eigenvalue weighted by molar-refractivity contribution is 9.10. The summed E-state index contributed by atoms with van der Waals surface area (Å²) >= 11 is 18.6. The second-order valence-corrected chi connectivity index (χ2v) is 19.5. The molecule has 4 aromatic carbocycles. The summed E-state index contributed by atoms with van der Waals surface area (Å²) in [7, 11) is -0.396. The summed E-state index contributed by atoms with van der Waals surface area (Å²) in [5, 5.41) is 4.64. The molecule has 0 atom stereocenters. The molecule has 2 amide bonds. The third-order valence-electron chi connectivity index (χ3n) is 11.0. The molecule has 3 fully saturated rings. The maximum absolute atomic E-state index is 12.5. The lowest BCUT2D eigenvalue weighted by Gasteiger charge is -2.32. The van der Waals surface area contributed by atoms with Crippen molar-refractivity contribution in [2.24, 2.45) is 0 Å². The van der Waals surface area contributed by atoms with Crippen molar-refractivity contribution in [2.45, 2.75) is 38.9 Å². The number of benzene rings is 4. The molecule has 0 N–H and O–H groups in total. The first kappa shape index (κ1) is 45.7. The van der Waals surface area contributed by atoms with Gasteiger partial charge in [0.05, 0.1) is 60.8 Å². The molecule has 0 radical (unpaired) electrons. The number of hydrogen-bond acceptors (Lipinski definition) is 8. The number of amides is 2. The molecule has 0 aliphatic carbocycles. The number of fused-ring (bicyclic) bond motifs is 2. The number of halogens is 3. The minimum atomic E-state index is -0.396. The maximum atomic E-state index is 12.5. The van der Waals surface area contributed by atoms with Crippen LogP contribution in [0.15, 0.2) is 89.4 Å². The smallest absolute Gasteiger partial charge is 0.399 e. The van der Waals surface area contributed by atoms with E-state index in [2.05, 4.69) is 25.6 Å². The minimum absolute atomic E-state index is 0.0351. The van der Waals surface area contributed by atoms with Gasteiger partial charge >= 0.3 is 7.12 Å². The van der Waals surface area contributed by atoms with Crippen molar-refractivity contribution in [2.75, 3.05) is 52.6 Å². The van der Waals surface area contributed by atoms with Gasteiger partial charge in [0.2, 0.25) is 10.0 Å². The number of carbonyl (C=O) groups excluding carboxylic acids is 2. The fourth-order valence-electron chi connectivity index (χ4n) is 6.90. The van der Waals surface area contributed by atoms with E-state index in [4.69, 9.17) is 55.1 Å². The number of nitrogens with zero attached hydrogens (tertiary/aromatic N) is 4. The van der Waals surface area contributed by atoms with Gasteiger partial charge in [-0.1, -0.05) is 63.4 Å². The Kier molecular flexibility index (Phi) is 14.5. The van der Waals surface area contributed by atoms with Crippen LogP contribution in [0.2, 0.25) is 10.0 Å². The Morgan fingerprint density at radius 3 is 1.55 bits per heavy atom. The van der Waals surface area contributed by atoms with Crippen LogP contribution in [0.1, 0.15) is 48.4 Å². The van der Waals surface area contributed by atoms with Crippen molar-refractivity contribution < 1.29 is 28.4 Å². The van der Waals surface area contributed by atoms with Crippen molar-refractivity contribution in [3.63, 3.8) is 0 Å². The molecule has 0 spiro atoms. The molecule has 3 saturated heterocycles. The lowest BCUT2D eigenvalue weighted by atomic mass is 9.79. The average Bonchev–Trinajstić information content (AvgIpc) is 3.97. The zero-order valence-electron chi connectivity index (χ0n) is 34.5. The monoisotopic (exact) mass is 970 g/mol. The van der Waals surface area contributed by atoms with Crippen LogP contribution in [0, 0.1) is 13.1 Å². The summed E-state index contributed by atoms with van der Waals surface area (Å²) in [5.41, 5.74) is 3.54. The van der Waals surface area contributed by atoms with Crippen molar-refractivity contribution in [1.82, 2.24) is 9.80 Å². The molecule has 318 valence electrons. The number of carbonyl (C=O) groups is 2. The highest BCUT2D eigenvalue weighted by Gasteiger charge is 2.51. The Bertz CT molecular complexity index is 2670. The van der Waals surface area contributed by atoms with Crippen molar-refractivity contribution in [3.8, 4) is 11.1 Å². The molecule has 5 heterocycles. The first-order valence-electron chi connectivity index (χ1n) is 19.8. The van der Waals surface area contributed by atoms with Crippen LogP contribution in [0.5, 0.6) is 0 Å². The summed E-state index contributed by atoms with van der Waals surface area (Å²) < 4.78 is 25.5. The zero-order chi connectivity index (χ0) is 44.2. The molecule has 0 bridgehead atoms. The summed E-state index contributed by atoms with van der Waals surface area (Å²) in [4.78, 5) is 35.5. The number of rotatable bonds is 4. The van der Waals surface area contributed by atoms with Crippen LogP contribution in [0.3, 0.4) is 0 Å². The van der Waals surface area contributed by atoms with E-state index in [9.17, 15) is 9.59 Å². The van der Waals surface area contributed by atoms with Crippen LogP contribution >= 0.6 is 61.8 Å². The Hall–Kier alpha value is -4.32. The summed E-state index contributed by atoms with van der Waals surface area (Å²) in [5.74, 6) is 0.0848. The Morgan fingerprint density at radius 2 is 1.08 bits per heavy atom. The predicted molar refractivity (Wildman–Crippen MR) is 255 cm³/mol. The molecular formula is C46H42BBrCl2N4O6S2. The lowest BCUT2D eigenvalue weighted by Crippen LogP contribution is -2.41. The van der Waals surface area contributed by atoms with Gasteiger partial charge in [-0.3, -0.25) is 9.59 Å². The Labute approximate surface area is 388 Å². The molecule has 0 unspecified atom stereocenters. The highest BCUT2D eigenvalue weighted by atomic mass is 79.9. The first-order chi connectivity index (χ1) is 29.7. The lowest BCUT2D eigenvalue weighted by molar-refractivity contribution is 0.00578. The van der Waals surface area contributed by atoms with E-state index in [1.54, 1.807) is 0 Å². The average molecular weight is 973 g/mol. The topological polar surface area (TPSA) is 86.3 Å². The van der Waals surface area contributed by atoms with Gasteiger partial charge < -0.3 is 28.6 Å². The number of thiophene rings is 2. The van der Waals surface area contributed by atoms with Gasteiger partial charge in [0.1, 0.15) is 0 Å². The molecule has 62 heavy (non-hydrogen) atoms. The maximum Gasteiger partial charge on any atom is 0.494 e. The fourth-order valence-corrected chi connectivity index (χ4v) is 9.86. The SMILES string of the molecule is CC1(C)OB(c2ccc(C(=O)N3CCOCC3)cc2)OC1(C)C.[C-]#[N+]c1cc2cc(-c3ccc(C(=O)N4CCOCC4)cc3)cc(Cl)c2s1.[C-]#[N+]c1cc2cc(Br)cc(Cl)c2s1. The van der Waals surface area contributed by atoms with Crippen LogP contribution in [-0.4, -0.2) is 92.5 Å². The second-order valence-electron chi connectivity index (χ2n) is 15.7. The summed E-state index contributed by atoms with van der Waals surface area (Å²) in [6, 6.07) is 26.6. The second kappa shape index (κ2) is 19.6. The molecule has 6 aromatic rings. The molecule has 2 aromatic heterocycles. The standard InChI is InChI=1S/C20H15ClN2O2S.C17H24BNO4.C9H3BrClNS/c1-22-18-12-16-10-15(11-17(21)19(16)26-18)13-2-4-14(5-3-13)20(24)23-6-8-25-9-7-23;1-16(2)17(3,4)23-18(22-16)14-7-5-13(6-8-14)15(20)19-9-11-21-12-10-19;1-12-8-3-5-2-6(10)4-7(11)9(5)13-8/h2-5,10-12H,6-9H2;5-8H,9-12H2,1-4H3;2-4H. The predicted octanol–water partition coefficient (Wildman–Crippen LogP) is 11.6. The Balaban J connectivity index is 0.000000147. The van der Waals surface area contributed by atoms with Gasteiger partial charge in [0.15, 0.2) is 0 Å². The number of morpholine rings is 2. The molecule has 3 aliphatic rings. The first-order valence-corrected chi connectivity index (χ1v) is 23.0. The molecule has 3 aliphatic heterocycles. The van der Waals surface area contributed by atoms with E-state index in [0.29, 0.717) is 83.8 Å². The minimum Gasteiger partial charge on any atom is -0.399 e. The van der Waals surface area contributed by atoms with E-state index < -0.39 is 7.12 Å². The largest absolute Gasteiger partial charge is 0.494 e. The van der Waals surface area contributed by atoms with E-state index in [1.807, 2.05) is 122 Å². The van der Waals surface area contributed by atoms with Crippen LogP contribution in [0.25, 0.3) is 41.0 Å². The van der Waals surface area contributed by atoms with Crippen molar-refractivity contribution in [3.05, 3.63) is 133 Å². The van der Waals surface area contributed by atoms with Gasteiger partial charge in [-0.05, 0) is 116 Å². The van der Waals surface area contributed by atoms with E-state index in [1.165, 1.54) is 22.7 Å². The molecule has 16 heteroatoms. The summed E-state index contributed by atoms with van der Waals surface area (Å²) in [6.45, 7) is 27.1. The quantitative estimate of drug-likeness (QED) is 0.129. The van der Waals surface area contributed by atoms with Gasteiger partial charge in [-0.2, -0.15) is 22.7 Å². The molecular weight excluding hydrogens is 930 g/mol. The van der Waals surface area contributed by atoms with Gasteiger partial charge in [0.25, 0.3) is 11.8 Å². The zero-order valence-corrected chi connectivity index (χ0v) is 39.2. The van der Waals surface area contributed by atoms with Crippen molar-refractivity contribution >= 4 is 116 Å². The normalized spacial score (nSPS) is 16.8. The van der Waals surface area contributed by atoms with Crippen LogP contribution < -0.4 is 5.46 Å². The fraction of sp³-hybridized carbons (Fsp3) is 0.304. The third kappa shape index (κ3) is 10.4. The van der Waals surface area contributed by atoms with E-state index in [0.717, 1.165) is 41.2 Å². The summed E-state index contributed by atoms with van der Waals surface area (Å²) in [6.07, 6.45) is 0. The van der Waals surface area contributed by atoms with Crippen LogP contribution in [-0.2, 0) is 18.8 Å². The van der Waals surface area contributed by atoms with E-state index >= 15 is 0 Å². The molecule has 9 rings (SSSR count). The number of hydrogen-bond donors (Lipinski definition) is 0. The van der Waals surface area contributed by atoms with E-state index in [-0.39, 0.29) is 23.0 Å². The molecule has 10 nitrogen and oxygen atoms in total. The van der Waals surface area contributed by atoms with Crippen LogP contribution in [0.4, 0.5) is 10.0 Å². The van der Waals surface area contributed by atoms with Crippen molar-refractivity contribution in [1.29, 1.82) is 0 Å². The van der Waals surface area contributed by atoms with Gasteiger partial charge in [-0.25, -0.2) is 9.69 Å². The van der Waals surface area contributed by atoms with Gasteiger partial charge in [0, 0.05) is 51.2 Å². The Morgan fingerprint density at radius 1 is 0.645 bits per heavy atom. The number of ether oxygens (including phenoxy) is 2.